The number of carbonyl (C=O) groups excluding carboxylic acids is 1. The number of rotatable bonds is 4. The van der Waals surface area contributed by atoms with Crippen molar-refractivity contribution in [1.82, 2.24) is 13.5 Å². The second-order valence-corrected chi connectivity index (χ2v) is 11.1. The van der Waals surface area contributed by atoms with Gasteiger partial charge >= 0.3 is 0 Å². The fourth-order valence-corrected chi connectivity index (χ4v) is 6.15. The lowest BCUT2D eigenvalue weighted by molar-refractivity contribution is -0.137. The highest BCUT2D eigenvalue weighted by Crippen LogP contribution is 2.25. The molecule has 0 bridgehead atoms. The summed E-state index contributed by atoms with van der Waals surface area (Å²) in [6, 6.07) is 2.85. The normalized spacial score (nSPS) is 22.6. The Balaban J connectivity index is 1.67. The molecular weight excluding hydrogens is 428 g/mol. The van der Waals surface area contributed by atoms with Crippen LogP contribution in [-0.4, -0.2) is 81.8 Å². The maximum Gasteiger partial charge on any atom is 0.249 e. The largest absolute Gasteiger partial charge is 0.340 e. The molecule has 1 aromatic rings. The molecule has 1 atom stereocenters. The number of halogens is 2. The lowest BCUT2D eigenvalue weighted by Crippen LogP contribution is -2.54. The van der Waals surface area contributed by atoms with Gasteiger partial charge in [0.25, 0.3) is 0 Å². The Hall–Kier alpha value is -1.63. The Morgan fingerprint density at radius 1 is 0.966 bits per heavy atom. The first-order chi connectivity index (χ1) is 13.5. The molecule has 0 N–H and O–H groups in total. The van der Waals surface area contributed by atoms with E-state index < -0.39 is 42.5 Å². The summed E-state index contributed by atoms with van der Waals surface area (Å²) in [4.78, 5) is 13.3. The summed E-state index contributed by atoms with van der Waals surface area (Å²) in [5, 5.41) is 0. The minimum absolute atomic E-state index is 0.0729. The predicted molar refractivity (Wildman–Crippen MR) is 101 cm³/mol. The minimum Gasteiger partial charge on any atom is -0.340 e. The molecule has 1 unspecified atom stereocenters. The molecule has 2 aliphatic heterocycles. The van der Waals surface area contributed by atoms with Crippen molar-refractivity contribution in [3.63, 3.8) is 0 Å². The third kappa shape index (κ3) is 4.60. The fraction of sp³-hybridized carbons (Fsp3) is 0.588. The molecule has 162 valence electrons. The van der Waals surface area contributed by atoms with E-state index in [1.54, 1.807) is 0 Å². The second kappa shape index (κ2) is 8.25. The summed E-state index contributed by atoms with van der Waals surface area (Å²) in [6.45, 7) is 0.446. The molecule has 2 fully saturated rings. The number of piperazine rings is 1. The Bertz CT molecular complexity index is 972. The van der Waals surface area contributed by atoms with Crippen molar-refractivity contribution in [2.45, 2.75) is 17.7 Å². The second-order valence-electron chi connectivity index (χ2n) is 7.24. The van der Waals surface area contributed by atoms with Crippen molar-refractivity contribution in [2.75, 3.05) is 45.5 Å². The molecule has 1 amide bonds. The van der Waals surface area contributed by atoms with Crippen LogP contribution in [0.2, 0.25) is 0 Å². The van der Waals surface area contributed by atoms with Gasteiger partial charge in [0.05, 0.1) is 12.2 Å². The predicted octanol–water partition coefficient (Wildman–Crippen LogP) is 0.469. The number of piperidine rings is 1. The Morgan fingerprint density at radius 2 is 1.55 bits per heavy atom. The first-order valence-corrected chi connectivity index (χ1v) is 12.5. The number of hydrogen-bond donors (Lipinski definition) is 0. The van der Waals surface area contributed by atoms with Crippen molar-refractivity contribution in [3.05, 3.63) is 29.8 Å². The number of nitrogens with zero attached hydrogens (tertiary/aromatic N) is 3. The van der Waals surface area contributed by atoms with Gasteiger partial charge < -0.3 is 4.90 Å². The summed E-state index contributed by atoms with van der Waals surface area (Å²) in [5.41, 5.74) is 0. The summed E-state index contributed by atoms with van der Waals surface area (Å²) >= 11 is 0. The highest BCUT2D eigenvalue weighted by molar-refractivity contribution is 7.89. The van der Waals surface area contributed by atoms with Gasteiger partial charge in [-0.2, -0.15) is 4.31 Å². The van der Waals surface area contributed by atoms with Crippen LogP contribution in [-0.2, 0) is 24.8 Å². The average molecular weight is 452 g/mol. The van der Waals surface area contributed by atoms with E-state index in [9.17, 15) is 30.4 Å². The maximum absolute atomic E-state index is 13.9. The summed E-state index contributed by atoms with van der Waals surface area (Å²) < 4.78 is 78.8. The van der Waals surface area contributed by atoms with Gasteiger partial charge in [0.1, 0.15) is 11.6 Å². The van der Waals surface area contributed by atoms with Gasteiger partial charge in [-0.3, -0.25) is 4.79 Å². The van der Waals surface area contributed by atoms with Gasteiger partial charge in [-0.25, -0.2) is 29.9 Å². The summed E-state index contributed by atoms with van der Waals surface area (Å²) in [5.74, 6) is -3.03. The summed E-state index contributed by atoms with van der Waals surface area (Å²) in [6.07, 6.45) is 2.24. The Kier molecular flexibility index (Phi) is 6.27. The van der Waals surface area contributed by atoms with Crippen molar-refractivity contribution in [3.8, 4) is 0 Å². The standard InChI is InChI=1S/C17H23F2N3O5S2/c1-28(24,25)22-7-3-4-13(12-22)17(23)20-8-10-21(11-9-20)29(26,27)16-14(18)5-2-6-15(16)19/h2,5-6,13H,3-4,7-12H2,1H3. The van der Waals surface area contributed by atoms with Crippen LogP contribution in [0.4, 0.5) is 8.78 Å². The van der Waals surface area contributed by atoms with Crippen molar-refractivity contribution in [2.24, 2.45) is 5.92 Å². The van der Waals surface area contributed by atoms with E-state index in [0.29, 0.717) is 19.4 Å². The molecule has 0 saturated carbocycles. The molecule has 2 heterocycles. The number of benzene rings is 1. The van der Waals surface area contributed by atoms with Crippen LogP contribution < -0.4 is 0 Å². The minimum atomic E-state index is -4.37. The number of amides is 1. The molecule has 12 heteroatoms. The van der Waals surface area contributed by atoms with Crippen LogP contribution in [0.25, 0.3) is 0 Å². The monoisotopic (exact) mass is 451 g/mol. The third-order valence-electron chi connectivity index (χ3n) is 5.27. The molecule has 0 aromatic heterocycles. The van der Waals surface area contributed by atoms with Gasteiger partial charge in [0.15, 0.2) is 4.90 Å². The number of sulfonamides is 2. The molecular formula is C17H23F2N3O5S2. The van der Waals surface area contributed by atoms with Crippen molar-refractivity contribution < 1.29 is 30.4 Å². The Morgan fingerprint density at radius 3 is 2.10 bits per heavy atom. The van der Waals surface area contributed by atoms with E-state index in [4.69, 9.17) is 0 Å². The topological polar surface area (TPSA) is 95.1 Å². The SMILES string of the molecule is CS(=O)(=O)N1CCCC(C(=O)N2CCN(S(=O)(=O)c3c(F)cccc3F)CC2)C1. The zero-order valence-corrected chi connectivity index (χ0v) is 17.6. The lowest BCUT2D eigenvalue weighted by atomic mass is 9.98. The van der Waals surface area contributed by atoms with E-state index in [1.807, 2.05) is 0 Å². The van der Waals surface area contributed by atoms with Crippen LogP contribution in [0.3, 0.4) is 0 Å². The molecule has 2 saturated heterocycles. The zero-order chi connectivity index (χ0) is 21.4. The first kappa shape index (κ1) is 22.1. The molecule has 29 heavy (non-hydrogen) atoms. The first-order valence-electron chi connectivity index (χ1n) is 9.20. The molecule has 0 aliphatic carbocycles. The van der Waals surface area contributed by atoms with E-state index in [0.717, 1.165) is 28.8 Å². The molecule has 0 radical (unpaired) electrons. The third-order valence-corrected chi connectivity index (χ3v) is 8.49. The van der Waals surface area contributed by atoms with Crippen molar-refractivity contribution >= 4 is 26.0 Å². The smallest absolute Gasteiger partial charge is 0.249 e. The van der Waals surface area contributed by atoms with E-state index in [1.165, 1.54) is 9.21 Å². The average Bonchev–Trinajstić information content (AvgIpc) is 2.66. The van der Waals surface area contributed by atoms with E-state index in [2.05, 4.69) is 0 Å². The molecule has 8 nitrogen and oxygen atoms in total. The molecule has 0 spiro atoms. The van der Waals surface area contributed by atoms with Crippen molar-refractivity contribution in [1.29, 1.82) is 0 Å². The van der Waals surface area contributed by atoms with Gasteiger partial charge in [-0.15, -0.1) is 0 Å². The molecule has 3 rings (SSSR count). The van der Waals surface area contributed by atoms with Crippen LogP contribution >= 0.6 is 0 Å². The van der Waals surface area contributed by atoms with Crippen LogP contribution in [0, 0.1) is 17.6 Å². The summed E-state index contributed by atoms with van der Waals surface area (Å²) in [7, 11) is -7.75. The number of carbonyl (C=O) groups is 1. The zero-order valence-electron chi connectivity index (χ0n) is 15.9. The van der Waals surface area contributed by atoms with E-state index >= 15 is 0 Å². The van der Waals surface area contributed by atoms with Crippen LogP contribution in [0.5, 0.6) is 0 Å². The van der Waals surface area contributed by atoms with Crippen LogP contribution in [0.15, 0.2) is 23.1 Å². The maximum atomic E-state index is 13.9. The fourth-order valence-electron chi connectivity index (χ4n) is 3.71. The van der Waals surface area contributed by atoms with Gasteiger partial charge in [-0.1, -0.05) is 6.07 Å². The number of hydrogen-bond acceptors (Lipinski definition) is 5. The van der Waals surface area contributed by atoms with Gasteiger partial charge in [0, 0.05) is 39.3 Å². The molecule has 1 aromatic carbocycles. The highest BCUT2D eigenvalue weighted by atomic mass is 32.2. The lowest BCUT2D eigenvalue weighted by Gasteiger charge is -2.38. The highest BCUT2D eigenvalue weighted by Gasteiger charge is 2.37. The Labute approximate surface area is 169 Å². The van der Waals surface area contributed by atoms with Crippen LogP contribution in [0.1, 0.15) is 12.8 Å². The quantitative estimate of drug-likeness (QED) is 0.663. The van der Waals surface area contributed by atoms with E-state index in [-0.39, 0.29) is 38.6 Å². The van der Waals surface area contributed by atoms with Gasteiger partial charge in [-0.05, 0) is 25.0 Å². The van der Waals surface area contributed by atoms with Gasteiger partial charge in [0.2, 0.25) is 26.0 Å². The molecule has 2 aliphatic rings.